The summed E-state index contributed by atoms with van der Waals surface area (Å²) in [7, 11) is 1.93. The minimum atomic E-state index is -0.287. The predicted octanol–water partition coefficient (Wildman–Crippen LogP) is 4.16. The van der Waals surface area contributed by atoms with E-state index in [9.17, 15) is 9.18 Å². The number of rotatable bonds is 6. The molecule has 1 saturated carbocycles. The fourth-order valence-corrected chi connectivity index (χ4v) is 4.24. The third-order valence-electron chi connectivity index (χ3n) is 5.85. The Morgan fingerprint density at radius 2 is 1.97 bits per heavy atom. The van der Waals surface area contributed by atoms with Gasteiger partial charge in [0, 0.05) is 31.8 Å². The number of benzene rings is 1. The van der Waals surface area contributed by atoms with Crippen molar-refractivity contribution in [1.82, 2.24) is 20.3 Å². The Kier molecular flexibility index (Phi) is 5.97. The topological polar surface area (TPSA) is 73.0 Å². The molecule has 6 nitrogen and oxygen atoms in total. The molecule has 0 bridgehead atoms. The van der Waals surface area contributed by atoms with Crippen LogP contribution in [0.15, 0.2) is 41.1 Å². The van der Waals surface area contributed by atoms with Gasteiger partial charge in [-0.25, -0.2) is 4.39 Å². The molecule has 7 heteroatoms. The van der Waals surface area contributed by atoms with Crippen molar-refractivity contribution in [3.05, 3.63) is 59.3 Å². The van der Waals surface area contributed by atoms with Crippen molar-refractivity contribution in [2.45, 2.75) is 44.9 Å². The lowest BCUT2D eigenvalue weighted by Crippen LogP contribution is -2.32. The van der Waals surface area contributed by atoms with Crippen molar-refractivity contribution >= 4 is 5.91 Å². The Hall–Kier alpha value is -2.96. The van der Waals surface area contributed by atoms with Crippen LogP contribution in [0.25, 0.3) is 11.3 Å². The number of aryl methyl sites for hydroxylation is 2. The first-order chi connectivity index (χ1) is 14.5. The van der Waals surface area contributed by atoms with Gasteiger partial charge in [-0.1, -0.05) is 17.3 Å². The summed E-state index contributed by atoms with van der Waals surface area (Å²) in [5, 5.41) is 11.7. The maximum atomic E-state index is 13.0. The SMILES string of the molecule is Cc1cc(-c2cn(C)nc2C2CCC(CNC(=O)Cc3ccc(F)cc3)CC2)on1. The first kappa shape index (κ1) is 20.3. The lowest BCUT2D eigenvalue weighted by molar-refractivity contribution is -0.120. The molecule has 1 amide bonds. The summed E-state index contributed by atoms with van der Waals surface area (Å²) in [6.45, 7) is 2.60. The van der Waals surface area contributed by atoms with Crippen molar-refractivity contribution in [3.63, 3.8) is 0 Å². The molecule has 30 heavy (non-hydrogen) atoms. The number of hydrogen-bond acceptors (Lipinski definition) is 4. The second-order valence-electron chi connectivity index (χ2n) is 8.26. The van der Waals surface area contributed by atoms with E-state index in [0.717, 1.165) is 54.0 Å². The molecule has 0 unspecified atom stereocenters. The smallest absolute Gasteiger partial charge is 0.224 e. The zero-order chi connectivity index (χ0) is 21.1. The summed E-state index contributed by atoms with van der Waals surface area (Å²) in [5.41, 5.74) is 3.78. The summed E-state index contributed by atoms with van der Waals surface area (Å²) in [6, 6.07) is 8.02. The highest BCUT2D eigenvalue weighted by atomic mass is 19.1. The van der Waals surface area contributed by atoms with Gasteiger partial charge >= 0.3 is 0 Å². The summed E-state index contributed by atoms with van der Waals surface area (Å²) in [4.78, 5) is 12.2. The van der Waals surface area contributed by atoms with E-state index in [0.29, 0.717) is 18.4 Å². The van der Waals surface area contributed by atoms with Gasteiger partial charge < -0.3 is 9.84 Å². The number of halogens is 1. The van der Waals surface area contributed by atoms with Gasteiger partial charge in [0.05, 0.1) is 23.4 Å². The molecule has 1 aliphatic carbocycles. The van der Waals surface area contributed by atoms with E-state index in [1.54, 1.807) is 12.1 Å². The minimum absolute atomic E-state index is 0.0172. The molecule has 0 saturated heterocycles. The molecule has 158 valence electrons. The largest absolute Gasteiger partial charge is 0.356 e. The van der Waals surface area contributed by atoms with Crippen LogP contribution in [0.3, 0.4) is 0 Å². The molecule has 1 aromatic carbocycles. The molecule has 2 heterocycles. The summed E-state index contributed by atoms with van der Waals surface area (Å²) < 4.78 is 20.3. The number of hydrogen-bond donors (Lipinski definition) is 1. The Morgan fingerprint density at radius 3 is 2.63 bits per heavy atom. The van der Waals surface area contributed by atoms with Crippen LogP contribution in [0.2, 0.25) is 0 Å². The lowest BCUT2D eigenvalue weighted by atomic mass is 9.79. The molecule has 1 N–H and O–H groups in total. The summed E-state index contributed by atoms with van der Waals surface area (Å²) in [5.74, 6) is 1.32. The number of amides is 1. The van der Waals surface area contributed by atoms with Gasteiger partial charge in [0.25, 0.3) is 0 Å². The van der Waals surface area contributed by atoms with E-state index in [1.165, 1.54) is 12.1 Å². The Morgan fingerprint density at radius 1 is 1.23 bits per heavy atom. The van der Waals surface area contributed by atoms with Crippen LogP contribution in [0.1, 0.15) is 48.6 Å². The Bertz CT molecular complexity index is 1000. The van der Waals surface area contributed by atoms with Gasteiger partial charge in [0.15, 0.2) is 5.76 Å². The molecule has 0 aliphatic heterocycles. The molecular weight excluding hydrogens is 383 g/mol. The van der Waals surface area contributed by atoms with Crippen molar-refractivity contribution in [1.29, 1.82) is 0 Å². The number of carbonyl (C=O) groups excluding carboxylic acids is 1. The Labute approximate surface area is 175 Å². The fraction of sp³-hybridized carbons (Fsp3) is 0.435. The van der Waals surface area contributed by atoms with Crippen LogP contribution >= 0.6 is 0 Å². The first-order valence-electron chi connectivity index (χ1n) is 10.5. The monoisotopic (exact) mass is 410 g/mol. The van der Waals surface area contributed by atoms with Gasteiger partial charge in [0.2, 0.25) is 5.91 Å². The average Bonchev–Trinajstić information content (AvgIpc) is 3.34. The second-order valence-corrected chi connectivity index (χ2v) is 8.26. The van der Waals surface area contributed by atoms with E-state index < -0.39 is 0 Å². The first-order valence-corrected chi connectivity index (χ1v) is 10.5. The molecule has 4 rings (SSSR count). The normalized spacial score (nSPS) is 19.0. The number of nitrogens with one attached hydrogen (secondary N) is 1. The van der Waals surface area contributed by atoms with Crippen LogP contribution in [-0.4, -0.2) is 27.4 Å². The minimum Gasteiger partial charge on any atom is -0.356 e. The maximum Gasteiger partial charge on any atom is 0.224 e. The highest BCUT2D eigenvalue weighted by Crippen LogP contribution is 2.39. The second kappa shape index (κ2) is 8.81. The maximum absolute atomic E-state index is 13.0. The van der Waals surface area contributed by atoms with Crippen LogP contribution in [0, 0.1) is 18.7 Å². The third-order valence-corrected chi connectivity index (χ3v) is 5.85. The van der Waals surface area contributed by atoms with Gasteiger partial charge in [0.1, 0.15) is 5.82 Å². The van der Waals surface area contributed by atoms with Crippen LogP contribution < -0.4 is 5.32 Å². The average molecular weight is 410 g/mol. The van der Waals surface area contributed by atoms with Crippen LogP contribution in [0.4, 0.5) is 4.39 Å². The van der Waals surface area contributed by atoms with E-state index in [4.69, 9.17) is 9.62 Å². The quantitative estimate of drug-likeness (QED) is 0.662. The molecule has 3 aromatic rings. The third kappa shape index (κ3) is 4.78. The molecule has 1 fully saturated rings. The summed E-state index contributed by atoms with van der Waals surface area (Å²) >= 11 is 0. The van der Waals surface area contributed by atoms with E-state index in [2.05, 4.69) is 10.5 Å². The van der Waals surface area contributed by atoms with Crippen LogP contribution in [0.5, 0.6) is 0 Å². The molecule has 1 aliphatic rings. The molecule has 0 atom stereocenters. The molecular formula is C23H27FN4O2. The van der Waals surface area contributed by atoms with Crippen molar-refractivity contribution in [2.24, 2.45) is 13.0 Å². The van der Waals surface area contributed by atoms with Crippen molar-refractivity contribution in [2.75, 3.05) is 6.54 Å². The molecule has 0 radical (unpaired) electrons. The van der Waals surface area contributed by atoms with Gasteiger partial charge in [-0.15, -0.1) is 0 Å². The zero-order valence-electron chi connectivity index (χ0n) is 17.4. The lowest BCUT2D eigenvalue weighted by Gasteiger charge is -2.28. The van der Waals surface area contributed by atoms with E-state index in [1.807, 2.05) is 30.9 Å². The predicted molar refractivity (Wildman–Crippen MR) is 111 cm³/mol. The standard InChI is InChI=1S/C23H27FN4O2/c1-15-11-21(30-27-15)20-14-28(2)26-23(20)18-7-3-17(4-8-18)13-25-22(29)12-16-5-9-19(24)10-6-16/h5-6,9-11,14,17-18H,3-4,7-8,12-13H2,1-2H3,(H,25,29). The summed E-state index contributed by atoms with van der Waals surface area (Å²) in [6.07, 6.45) is 6.45. The van der Waals surface area contributed by atoms with E-state index >= 15 is 0 Å². The van der Waals surface area contributed by atoms with Crippen molar-refractivity contribution in [3.8, 4) is 11.3 Å². The van der Waals surface area contributed by atoms with Gasteiger partial charge in [-0.05, 0) is 56.2 Å². The zero-order valence-corrected chi connectivity index (χ0v) is 17.4. The van der Waals surface area contributed by atoms with Gasteiger partial charge in [-0.2, -0.15) is 5.10 Å². The van der Waals surface area contributed by atoms with Crippen molar-refractivity contribution < 1.29 is 13.7 Å². The number of aromatic nitrogens is 3. The number of nitrogens with zero attached hydrogens (tertiary/aromatic N) is 3. The molecule has 0 spiro atoms. The fourth-order valence-electron chi connectivity index (χ4n) is 4.24. The van der Waals surface area contributed by atoms with E-state index in [-0.39, 0.29) is 18.1 Å². The Balaban J connectivity index is 1.29. The number of carbonyl (C=O) groups is 1. The highest BCUT2D eigenvalue weighted by Gasteiger charge is 2.28. The van der Waals surface area contributed by atoms with Gasteiger partial charge in [-0.3, -0.25) is 9.48 Å². The molecule has 2 aromatic heterocycles. The van der Waals surface area contributed by atoms with Crippen LogP contribution in [-0.2, 0) is 18.3 Å². The highest BCUT2D eigenvalue weighted by molar-refractivity contribution is 5.78.